The third kappa shape index (κ3) is 4.62. The van der Waals surface area contributed by atoms with E-state index in [9.17, 15) is 9.59 Å². The number of benzene rings is 2. The van der Waals surface area contributed by atoms with Crippen molar-refractivity contribution in [1.82, 2.24) is 9.55 Å². The first-order valence-electron chi connectivity index (χ1n) is 13.5. The molecule has 3 aromatic rings. The maximum Gasteiger partial charge on any atom is 0.330 e. The van der Waals surface area contributed by atoms with Crippen molar-refractivity contribution in [1.29, 1.82) is 0 Å². The van der Waals surface area contributed by atoms with E-state index in [4.69, 9.17) is 29.4 Å². The molecule has 1 aliphatic carbocycles. The third-order valence-corrected chi connectivity index (χ3v) is 8.16. The zero-order valence-electron chi connectivity index (χ0n) is 23.1. The first-order valence-corrected chi connectivity index (χ1v) is 13.5. The van der Waals surface area contributed by atoms with Crippen molar-refractivity contribution in [2.75, 3.05) is 20.8 Å². The van der Waals surface area contributed by atoms with Crippen molar-refractivity contribution in [3.63, 3.8) is 0 Å². The standard InChI is InChI=1S/C31H33N3O7/c1-19-17-34(29(36)33-27(19)35)28-25(32)26-30(40-26,41-28)18-39-31(20-7-5-4-6-8-20,21-9-13-23(37-2)14-10-21)22-11-15-24(38-3)16-12-22/h4-7,9-17,20,25-26,28H,8,18,32H2,1-3H3,(H,33,35,36)/t20?,25-,26+,28-,30?/m1/s1. The van der Waals surface area contributed by atoms with Gasteiger partial charge < -0.3 is 29.4 Å². The van der Waals surface area contributed by atoms with Gasteiger partial charge >= 0.3 is 5.69 Å². The molecule has 0 amide bonds. The quantitative estimate of drug-likeness (QED) is 0.383. The molecule has 2 fully saturated rings. The number of nitrogens with two attached hydrogens (primary N) is 1. The monoisotopic (exact) mass is 559 g/mol. The van der Waals surface area contributed by atoms with Gasteiger partial charge in [-0.1, -0.05) is 48.6 Å². The predicted octanol–water partition coefficient (Wildman–Crippen LogP) is 2.91. The van der Waals surface area contributed by atoms with Gasteiger partial charge in [-0.05, 0) is 48.7 Å². The van der Waals surface area contributed by atoms with E-state index in [2.05, 4.69) is 17.1 Å². The molecule has 2 saturated heterocycles. The van der Waals surface area contributed by atoms with Crippen molar-refractivity contribution in [3.05, 3.63) is 117 Å². The summed E-state index contributed by atoms with van der Waals surface area (Å²) in [6, 6.07) is 15.0. The molecule has 2 aliphatic heterocycles. The van der Waals surface area contributed by atoms with E-state index in [1.54, 1.807) is 21.1 Å². The van der Waals surface area contributed by atoms with Gasteiger partial charge in [-0.15, -0.1) is 0 Å². The summed E-state index contributed by atoms with van der Waals surface area (Å²) in [7, 11) is 3.26. The molecular weight excluding hydrogens is 526 g/mol. The lowest BCUT2D eigenvalue weighted by molar-refractivity contribution is -0.177. The van der Waals surface area contributed by atoms with Gasteiger partial charge in [-0.25, -0.2) is 4.79 Å². The lowest BCUT2D eigenvalue weighted by atomic mass is 9.73. The minimum atomic E-state index is -1.15. The van der Waals surface area contributed by atoms with Gasteiger partial charge in [0.1, 0.15) is 29.8 Å². The van der Waals surface area contributed by atoms with Gasteiger partial charge in [-0.3, -0.25) is 14.3 Å². The fourth-order valence-corrected chi connectivity index (χ4v) is 5.89. The van der Waals surface area contributed by atoms with Crippen LogP contribution in [0.25, 0.3) is 0 Å². The van der Waals surface area contributed by atoms with Gasteiger partial charge in [-0.2, -0.15) is 0 Å². The Kier molecular flexibility index (Phi) is 6.95. The van der Waals surface area contributed by atoms with Gasteiger partial charge in [0.15, 0.2) is 6.23 Å². The molecular formula is C31H33N3O7. The Balaban J connectivity index is 1.39. The fourth-order valence-electron chi connectivity index (χ4n) is 5.89. The molecule has 0 saturated carbocycles. The Bertz CT molecular complexity index is 1540. The summed E-state index contributed by atoms with van der Waals surface area (Å²) in [5.41, 5.74) is 6.74. The molecule has 2 unspecified atom stereocenters. The van der Waals surface area contributed by atoms with Crippen LogP contribution in [0, 0.1) is 12.8 Å². The van der Waals surface area contributed by atoms with Crippen LogP contribution in [0.3, 0.4) is 0 Å². The smallest absolute Gasteiger partial charge is 0.330 e. The average molecular weight is 560 g/mol. The lowest BCUT2D eigenvalue weighted by Crippen LogP contribution is -2.42. The second-order valence-corrected chi connectivity index (χ2v) is 10.6. The van der Waals surface area contributed by atoms with Crippen molar-refractivity contribution in [2.24, 2.45) is 11.7 Å². The maximum absolute atomic E-state index is 12.6. The van der Waals surface area contributed by atoms with E-state index >= 15 is 0 Å². The van der Waals surface area contributed by atoms with Crippen LogP contribution in [0.1, 0.15) is 29.3 Å². The molecule has 0 radical (unpaired) electrons. The molecule has 10 nitrogen and oxygen atoms in total. The number of aryl methyl sites for hydroxylation is 1. The number of fused-ring (bicyclic) bond motifs is 1. The normalized spacial score (nSPS) is 26.5. The summed E-state index contributed by atoms with van der Waals surface area (Å²) in [4.78, 5) is 26.9. The van der Waals surface area contributed by atoms with Gasteiger partial charge in [0.25, 0.3) is 5.56 Å². The number of nitrogens with zero attached hydrogens (tertiary/aromatic N) is 1. The van der Waals surface area contributed by atoms with E-state index in [-0.39, 0.29) is 12.5 Å². The molecule has 3 N–H and O–H groups in total. The molecule has 5 atom stereocenters. The van der Waals surface area contributed by atoms with Crippen LogP contribution in [-0.4, -0.2) is 48.3 Å². The zero-order valence-corrected chi connectivity index (χ0v) is 23.1. The number of hydrogen-bond donors (Lipinski definition) is 2. The largest absolute Gasteiger partial charge is 0.497 e. The highest BCUT2D eigenvalue weighted by Gasteiger charge is 2.70. The van der Waals surface area contributed by atoms with Crippen LogP contribution in [0.5, 0.6) is 11.5 Å². The lowest BCUT2D eigenvalue weighted by Gasteiger charge is -2.41. The Labute approximate surface area is 237 Å². The number of allylic oxidation sites excluding steroid dienone is 3. The topological polar surface area (TPSA) is 130 Å². The number of H-pyrrole nitrogens is 1. The SMILES string of the molecule is COc1ccc(C(OCC23O[C@@H](n4cc(C)c(=O)[nH]c4=O)[C@H](N)[C@@H]2O3)(c2ccc(OC)cc2)C2C=CC=CC2)cc1. The average Bonchev–Trinajstić information content (AvgIpc) is 3.66. The molecule has 0 spiro atoms. The Morgan fingerprint density at radius 3 is 2.20 bits per heavy atom. The van der Waals surface area contributed by atoms with Gasteiger partial charge in [0, 0.05) is 17.7 Å². The van der Waals surface area contributed by atoms with Crippen LogP contribution in [0.15, 0.2) is 88.6 Å². The Hall–Kier alpha value is -3.96. The van der Waals surface area contributed by atoms with Crippen LogP contribution in [0.4, 0.5) is 0 Å². The number of aromatic amines is 1. The van der Waals surface area contributed by atoms with E-state index in [1.165, 1.54) is 10.8 Å². The number of ether oxygens (including phenoxy) is 5. The maximum atomic E-state index is 12.6. The van der Waals surface area contributed by atoms with E-state index in [1.807, 2.05) is 60.7 Å². The first kappa shape index (κ1) is 27.2. The van der Waals surface area contributed by atoms with E-state index in [0.717, 1.165) is 29.0 Å². The van der Waals surface area contributed by atoms with Crippen LogP contribution < -0.4 is 26.5 Å². The minimum Gasteiger partial charge on any atom is -0.497 e. The predicted molar refractivity (Wildman–Crippen MR) is 151 cm³/mol. The summed E-state index contributed by atoms with van der Waals surface area (Å²) in [5.74, 6) is 0.245. The molecule has 6 rings (SSSR count). The Morgan fingerprint density at radius 2 is 1.63 bits per heavy atom. The molecule has 3 aliphatic rings. The van der Waals surface area contributed by atoms with Crippen molar-refractivity contribution < 1.29 is 23.7 Å². The molecule has 10 heteroatoms. The second kappa shape index (κ2) is 10.5. The molecule has 214 valence electrons. The summed E-state index contributed by atoms with van der Waals surface area (Å²) >= 11 is 0. The summed E-state index contributed by atoms with van der Waals surface area (Å²) in [5, 5.41) is 0. The van der Waals surface area contributed by atoms with Crippen LogP contribution >= 0.6 is 0 Å². The van der Waals surface area contributed by atoms with E-state index < -0.39 is 41.0 Å². The summed E-state index contributed by atoms with van der Waals surface area (Å²) in [6.07, 6.45) is 9.20. The molecule has 2 aromatic carbocycles. The summed E-state index contributed by atoms with van der Waals surface area (Å²) in [6.45, 7) is 1.67. The van der Waals surface area contributed by atoms with Gasteiger partial charge in [0.05, 0.1) is 20.3 Å². The van der Waals surface area contributed by atoms with Gasteiger partial charge in [0.2, 0.25) is 5.79 Å². The number of aromatic nitrogens is 2. The van der Waals surface area contributed by atoms with E-state index in [0.29, 0.717) is 5.56 Å². The number of epoxide rings is 1. The molecule has 1 aromatic heterocycles. The molecule has 41 heavy (non-hydrogen) atoms. The Morgan fingerprint density at radius 1 is 1.00 bits per heavy atom. The number of hydrogen-bond acceptors (Lipinski definition) is 8. The minimum absolute atomic E-state index is 0.0467. The van der Waals surface area contributed by atoms with Crippen molar-refractivity contribution in [2.45, 2.75) is 43.1 Å². The second-order valence-electron chi connectivity index (χ2n) is 10.6. The highest BCUT2D eigenvalue weighted by molar-refractivity contribution is 5.44. The number of rotatable bonds is 9. The third-order valence-electron chi connectivity index (χ3n) is 8.16. The van der Waals surface area contributed by atoms with Crippen molar-refractivity contribution >= 4 is 0 Å². The number of methoxy groups -OCH3 is 2. The van der Waals surface area contributed by atoms with Crippen LogP contribution in [0.2, 0.25) is 0 Å². The fraction of sp³-hybridized carbons (Fsp3) is 0.355. The highest BCUT2D eigenvalue weighted by atomic mass is 16.8. The molecule has 0 bridgehead atoms. The first-order chi connectivity index (χ1) is 19.8. The number of nitrogens with one attached hydrogen (secondary N) is 1. The van der Waals surface area contributed by atoms with Crippen molar-refractivity contribution in [3.8, 4) is 11.5 Å². The summed E-state index contributed by atoms with van der Waals surface area (Å²) < 4.78 is 31.5. The molecule has 3 heterocycles. The highest BCUT2D eigenvalue weighted by Crippen LogP contribution is 2.53. The zero-order chi connectivity index (χ0) is 28.8. The van der Waals surface area contributed by atoms with Crippen LogP contribution in [-0.2, 0) is 19.8 Å².